The van der Waals surface area contributed by atoms with Crippen LogP contribution in [-0.4, -0.2) is 15.7 Å². The third-order valence-electron chi connectivity index (χ3n) is 4.74. The van der Waals surface area contributed by atoms with Gasteiger partial charge in [0.2, 0.25) is 0 Å². The highest BCUT2D eigenvalue weighted by Gasteiger charge is 2.12. The van der Waals surface area contributed by atoms with Gasteiger partial charge in [0.15, 0.2) is 0 Å². The van der Waals surface area contributed by atoms with Crippen LogP contribution in [0.25, 0.3) is 0 Å². The van der Waals surface area contributed by atoms with Crippen molar-refractivity contribution < 1.29 is 13.9 Å². The molecule has 4 aromatic rings. The van der Waals surface area contributed by atoms with E-state index in [2.05, 4.69) is 16.5 Å². The molecule has 0 fully saturated rings. The normalized spacial score (nSPS) is 10.8. The molecule has 158 valence electrons. The number of nitrogens with one attached hydrogen (secondary N) is 1. The molecule has 1 N–H and O–H groups in total. The van der Waals surface area contributed by atoms with E-state index in [1.54, 1.807) is 23.1 Å². The molecule has 2 heterocycles. The summed E-state index contributed by atoms with van der Waals surface area (Å²) >= 11 is 1.37. The van der Waals surface area contributed by atoms with Gasteiger partial charge in [0, 0.05) is 11.8 Å². The van der Waals surface area contributed by atoms with Gasteiger partial charge in [-0.05, 0) is 60.2 Å². The van der Waals surface area contributed by atoms with Crippen LogP contribution in [0.2, 0.25) is 0 Å². The fourth-order valence-electron chi connectivity index (χ4n) is 3.12. The number of nitrogens with zero attached hydrogens (tertiary/aromatic N) is 2. The third-order valence-corrected chi connectivity index (χ3v) is 5.72. The number of carbonyl (C=O) groups is 1. The minimum atomic E-state index is -0.284. The molecule has 0 aliphatic heterocycles. The van der Waals surface area contributed by atoms with Crippen LogP contribution in [-0.2, 0) is 13.2 Å². The van der Waals surface area contributed by atoms with Crippen LogP contribution in [0.3, 0.4) is 0 Å². The first-order chi connectivity index (χ1) is 15.0. The Bertz CT molecular complexity index is 1220. The maximum absolute atomic E-state index is 13.3. The predicted octanol–water partition coefficient (Wildman–Crippen LogP) is 5.58. The van der Waals surface area contributed by atoms with Crippen molar-refractivity contribution in [1.29, 1.82) is 0 Å². The molecule has 0 spiro atoms. The summed E-state index contributed by atoms with van der Waals surface area (Å²) in [6.45, 7) is 4.86. The SMILES string of the molecule is Cc1ccc(C)c(OCc2csc(C(=O)Nc3cnn(Cc4cccc(F)c4)c3)c2)c1. The Morgan fingerprint density at radius 1 is 1.16 bits per heavy atom. The lowest BCUT2D eigenvalue weighted by Gasteiger charge is -2.08. The molecule has 0 saturated heterocycles. The van der Waals surface area contributed by atoms with Crippen molar-refractivity contribution >= 4 is 22.9 Å². The minimum absolute atomic E-state index is 0.201. The number of thiophene rings is 1. The van der Waals surface area contributed by atoms with Gasteiger partial charge >= 0.3 is 0 Å². The van der Waals surface area contributed by atoms with Crippen molar-refractivity contribution in [2.24, 2.45) is 0 Å². The summed E-state index contributed by atoms with van der Waals surface area (Å²) in [6.07, 6.45) is 3.30. The zero-order chi connectivity index (χ0) is 21.8. The molecule has 31 heavy (non-hydrogen) atoms. The molecular formula is C24H22FN3O2S. The quantitative estimate of drug-likeness (QED) is 0.412. The smallest absolute Gasteiger partial charge is 0.265 e. The van der Waals surface area contributed by atoms with Gasteiger partial charge in [0.25, 0.3) is 5.91 Å². The van der Waals surface area contributed by atoms with Crippen LogP contribution >= 0.6 is 11.3 Å². The lowest BCUT2D eigenvalue weighted by Crippen LogP contribution is -2.09. The van der Waals surface area contributed by atoms with Crippen LogP contribution < -0.4 is 10.1 Å². The van der Waals surface area contributed by atoms with E-state index in [4.69, 9.17) is 4.74 Å². The lowest BCUT2D eigenvalue weighted by molar-refractivity contribution is 0.103. The Morgan fingerprint density at radius 2 is 2.03 bits per heavy atom. The van der Waals surface area contributed by atoms with Gasteiger partial charge < -0.3 is 10.1 Å². The number of amides is 1. The number of benzene rings is 2. The first-order valence-electron chi connectivity index (χ1n) is 9.82. The van der Waals surface area contributed by atoms with E-state index in [1.165, 1.54) is 23.5 Å². The predicted molar refractivity (Wildman–Crippen MR) is 120 cm³/mol. The molecule has 0 radical (unpaired) electrons. The molecule has 1 amide bonds. The van der Waals surface area contributed by atoms with E-state index in [0.717, 1.165) is 28.0 Å². The maximum atomic E-state index is 13.3. The average Bonchev–Trinajstić information content (AvgIpc) is 3.38. The number of aromatic nitrogens is 2. The topological polar surface area (TPSA) is 56.1 Å². The number of carbonyl (C=O) groups excluding carboxylic acids is 1. The molecule has 0 saturated carbocycles. The molecule has 2 aromatic carbocycles. The Labute approximate surface area is 184 Å². The highest BCUT2D eigenvalue weighted by molar-refractivity contribution is 7.12. The summed E-state index contributed by atoms with van der Waals surface area (Å²) in [5, 5.41) is 9.01. The van der Waals surface area contributed by atoms with Crippen molar-refractivity contribution in [2.75, 3.05) is 5.32 Å². The summed E-state index contributed by atoms with van der Waals surface area (Å²) < 4.78 is 20.9. The highest BCUT2D eigenvalue weighted by Crippen LogP contribution is 2.23. The number of rotatable bonds is 7. The van der Waals surface area contributed by atoms with Gasteiger partial charge in [0.1, 0.15) is 18.2 Å². The van der Waals surface area contributed by atoms with Gasteiger partial charge in [-0.3, -0.25) is 9.48 Å². The maximum Gasteiger partial charge on any atom is 0.265 e. The third kappa shape index (κ3) is 5.38. The van der Waals surface area contributed by atoms with E-state index in [-0.39, 0.29) is 11.7 Å². The number of hydrogen-bond acceptors (Lipinski definition) is 4. The van der Waals surface area contributed by atoms with E-state index in [1.807, 2.05) is 43.5 Å². The zero-order valence-electron chi connectivity index (χ0n) is 17.3. The standard InChI is InChI=1S/C24H22FN3O2S/c1-16-6-7-17(2)22(8-16)30-14-19-10-23(31-15-19)24(29)27-21-11-26-28(13-21)12-18-4-3-5-20(25)9-18/h3-11,13,15H,12,14H2,1-2H3,(H,27,29). The van der Waals surface area contributed by atoms with Gasteiger partial charge in [-0.15, -0.1) is 11.3 Å². The Morgan fingerprint density at radius 3 is 2.87 bits per heavy atom. The molecule has 0 aliphatic carbocycles. The Kier molecular flexibility index (Phi) is 6.13. The van der Waals surface area contributed by atoms with Gasteiger partial charge in [-0.1, -0.05) is 24.3 Å². The summed E-state index contributed by atoms with van der Waals surface area (Å²) in [7, 11) is 0. The second-order valence-corrected chi connectivity index (χ2v) is 8.30. The van der Waals surface area contributed by atoms with Crippen LogP contribution in [0.4, 0.5) is 10.1 Å². The molecular weight excluding hydrogens is 413 g/mol. The minimum Gasteiger partial charge on any atom is -0.489 e. The second kappa shape index (κ2) is 9.14. The van der Waals surface area contributed by atoms with Gasteiger partial charge in [0.05, 0.1) is 23.3 Å². The number of halogens is 1. The van der Waals surface area contributed by atoms with E-state index in [0.29, 0.717) is 23.7 Å². The van der Waals surface area contributed by atoms with Crippen molar-refractivity contribution in [1.82, 2.24) is 9.78 Å². The fraction of sp³-hybridized carbons (Fsp3) is 0.167. The molecule has 2 aromatic heterocycles. The summed E-state index contributed by atoms with van der Waals surface area (Å²) in [5.74, 6) is 0.365. The lowest BCUT2D eigenvalue weighted by atomic mass is 10.1. The van der Waals surface area contributed by atoms with Gasteiger partial charge in [-0.25, -0.2) is 4.39 Å². The fourth-order valence-corrected chi connectivity index (χ4v) is 3.92. The van der Waals surface area contributed by atoms with E-state index < -0.39 is 0 Å². The number of ether oxygens (including phenoxy) is 1. The second-order valence-electron chi connectivity index (χ2n) is 7.39. The molecule has 7 heteroatoms. The van der Waals surface area contributed by atoms with Crippen LogP contribution in [0.1, 0.15) is 31.9 Å². The summed E-state index contributed by atoms with van der Waals surface area (Å²) in [4.78, 5) is 13.2. The van der Waals surface area contributed by atoms with Crippen molar-refractivity contribution in [2.45, 2.75) is 27.0 Å². The first-order valence-corrected chi connectivity index (χ1v) is 10.7. The number of aryl methyl sites for hydroxylation is 2. The van der Waals surface area contributed by atoms with E-state index in [9.17, 15) is 9.18 Å². The van der Waals surface area contributed by atoms with E-state index >= 15 is 0 Å². The van der Waals surface area contributed by atoms with Crippen molar-refractivity contribution in [3.63, 3.8) is 0 Å². The number of hydrogen-bond donors (Lipinski definition) is 1. The van der Waals surface area contributed by atoms with Crippen LogP contribution in [0.15, 0.2) is 66.3 Å². The van der Waals surface area contributed by atoms with Gasteiger partial charge in [-0.2, -0.15) is 5.10 Å². The summed E-state index contributed by atoms with van der Waals surface area (Å²) in [6, 6.07) is 14.3. The monoisotopic (exact) mass is 435 g/mol. The van der Waals surface area contributed by atoms with Crippen LogP contribution in [0, 0.1) is 19.7 Å². The molecule has 4 rings (SSSR count). The molecule has 0 bridgehead atoms. The first kappa shape index (κ1) is 20.8. The summed E-state index contributed by atoms with van der Waals surface area (Å²) in [5.41, 5.74) is 4.55. The Hall–Kier alpha value is -3.45. The molecule has 0 unspecified atom stereocenters. The molecule has 0 atom stereocenters. The average molecular weight is 436 g/mol. The molecule has 0 aliphatic rings. The zero-order valence-corrected chi connectivity index (χ0v) is 18.1. The number of anilines is 1. The highest BCUT2D eigenvalue weighted by atomic mass is 32.1. The van der Waals surface area contributed by atoms with Crippen molar-refractivity contribution in [3.05, 3.63) is 99.3 Å². The molecule has 5 nitrogen and oxygen atoms in total. The largest absolute Gasteiger partial charge is 0.489 e. The van der Waals surface area contributed by atoms with Crippen molar-refractivity contribution in [3.8, 4) is 5.75 Å². The Balaban J connectivity index is 1.35. The van der Waals surface area contributed by atoms with Crippen LogP contribution in [0.5, 0.6) is 5.75 Å².